The largest absolute Gasteiger partial charge is 0.457 e. The summed E-state index contributed by atoms with van der Waals surface area (Å²) < 4.78 is 6.22. The SMILES string of the molecule is N#Cc1ccccc1COC(=O)c1ccc2ncsc2c1. The van der Waals surface area contributed by atoms with Crippen molar-refractivity contribution in [1.29, 1.82) is 5.26 Å². The van der Waals surface area contributed by atoms with Crippen molar-refractivity contribution >= 4 is 27.5 Å². The van der Waals surface area contributed by atoms with Gasteiger partial charge in [0.1, 0.15) is 6.61 Å². The Bertz CT molecular complexity index is 849. The van der Waals surface area contributed by atoms with Gasteiger partial charge >= 0.3 is 5.97 Å². The van der Waals surface area contributed by atoms with Gasteiger partial charge in [-0.2, -0.15) is 5.26 Å². The first-order valence-electron chi connectivity index (χ1n) is 6.26. The zero-order valence-corrected chi connectivity index (χ0v) is 11.8. The van der Waals surface area contributed by atoms with E-state index in [4.69, 9.17) is 10.00 Å². The summed E-state index contributed by atoms with van der Waals surface area (Å²) in [7, 11) is 0. The first kappa shape index (κ1) is 13.3. The van der Waals surface area contributed by atoms with Crippen LogP contribution in [-0.4, -0.2) is 11.0 Å². The molecule has 0 fully saturated rings. The Balaban J connectivity index is 1.75. The fraction of sp³-hybridized carbons (Fsp3) is 0.0625. The van der Waals surface area contributed by atoms with Gasteiger partial charge in [-0.1, -0.05) is 18.2 Å². The van der Waals surface area contributed by atoms with E-state index in [1.165, 1.54) is 11.3 Å². The fourth-order valence-electron chi connectivity index (χ4n) is 1.96. The van der Waals surface area contributed by atoms with Crippen LogP contribution in [0.4, 0.5) is 0 Å². The van der Waals surface area contributed by atoms with Crippen molar-refractivity contribution in [1.82, 2.24) is 4.98 Å². The van der Waals surface area contributed by atoms with E-state index in [9.17, 15) is 4.79 Å². The molecule has 0 amide bonds. The predicted octanol–water partition coefficient (Wildman–Crippen LogP) is 3.52. The van der Waals surface area contributed by atoms with E-state index in [-0.39, 0.29) is 6.61 Å². The molecule has 1 heterocycles. The zero-order chi connectivity index (χ0) is 14.7. The Morgan fingerprint density at radius 2 is 2.14 bits per heavy atom. The Morgan fingerprint density at radius 1 is 1.29 bits per heavy atom. The summed E-state index contributed by atoms with van der Waals surface area (Å²) in [5.41, 5.74) is 4.31. The van der Waals surface area contributed by atoms with Gasteiger partial charge in [0.05, 0.1) is 32.9 Å². The Morgan fingerprint density at radius 3 is 3.00 bits per heavy atom. The lowest BCUT2D eigenvalue weighted by atomic mass is 10.1. The molecule has 102 valence electrons. The standard InChI is InChI=1S/C16H10N2O2S/c17-8-12-3-1-2-4-13(12)9-20-16(19)11-5-6-14-15(7-11)21-10-18-14/h1-7,10H,9H2. The van der Waals surface area contributed by atoms with Crippen LogP contribution in [-0.2, 0) is 11.3 Å². The number of thiazole rings is 1. The first-order chi connectivity index (χ1) is 10.3. The van der Waals surface area contributed by atoms with E-state index < -0.39 is 5.97 Å². The highest BCUT2D eigenvalue weighted by atomic mass is 32.1. The fourth-order valence-corrected chi connectivity index (χ4v) is 2.68. The number of benzene rings is 2. The summed E-state index contributed by atoms with van der Waals surface area (Å²) in [6.45, 7) is 0.0866. The van der Waals surface area contributed by atoms with E-state index in [1.54, 1.807) is 41.9 Å². The zero-order valence-electron chi connectivity index (χ0n) is 10.9. The molecule has 1 aromatic heterocycles. The normalized spacial score (nSPS) is 10.2. The predicted molar refractivity (Wildman–Crippen MR) is 79.9 cm³/mol. The maximum absolute atomic E-state index is 12.1. The summed E-state index contributed by atoms with van der Waals surface area (Å²) >= 11 is 1.48. The van der Waals surface area contributed by atoms with Gasteiger partial charge in [0, 0.05) is 5.56 Å². The van der Waals surface area contributed by atoms with Gasteiger partial charge in [-0.15, -0.1) is 11.3 Å². The van der Waals surface area contributed by atoms with Gasteiger partial charge in [-0.25, -0.2) is 9.78 Å². The molecule has 21 heavy (non-hydrogen) atoms. The van der Waals surface area contributed by atoms with Crippen LogP contribution in [0.5, 0.6) is 0 Å². The average molecular weight is 294 g/mol. The van der Waals surface area contributed by atoms with Gasteiger partial charge in [-0.05, 0) is 24.3 Å². The van der Waals surface area contributed by atoms with Gasteiger partial charge in [0.2, 0.25) is 0 Å². The molecular formula is C16H10N2O2S. The molecule has 0 spiro atoms. The number of esters is 1. The lowest BCUT2D eigenvalue weighted by Crippen LogP contribution is -2.06. The van der Waals surface area contributed by atoms with Gasteiger partial charge in [-0.3, -0.25) is 0 Å². The van der Waals surface area contributed by atoms with E-state index in [1.807, 2.05) is 6.07 Å². The molecule has 0 saturated heterocycles. The van der Waals surface area contributed by atoms with Crippen molar-refractivity contribution in [3.8, 4) is 6.07 Å². The number of nitrogens with zero attached hydrogens (tertiary/aromatic N) is 2. The smallest absolute Gasteiger partial charge is 0.338 e. The van der Waals surface area contributed by atoms with Crippen LogP contribution in [0, 0.1) is 11.3 Å². The number of aromatic nitrogens is 1. The molecule has 0 saturated carbocycles. The van der Waals surface area contributed by atoms with Crippen molar-refractivity contribution in [2.75, 3.05) is 0 Å². The van der Waals surface area contributed by atoms with Gasteiger partial charge < -0.3 is 4.74 Å². The van der Waals surface area contributed by atoms with Crippen LogP contribution < -0.4 is 0 Å². The first-order valence-corrected chi connectivity index (χ1v) is 7.14. The quantitative estimate of drug-likeness (QED) is 0.693. The lowest BCUT2D eigenvalue weighted by Gasteiger charge is -2.06. The average Bonchev–Trinajstić information content (AvgIpc) is 3.00. The second-order valence-corrected chi connectivity index (χ2v) is 5.27. The second-order valence-electron chi connectivity index (χ2n) is 4.38. The summed E-state index contributed by atoms with van der Waals surface area (Å²) in [6.07, 6.45) is 0. The lowest BCUT2D eigenvalue weighted by molar-refractivity contribution is 0.0472. The maximum Gasteiger partial charge on any atom is 0.338 e. The van der Waals surface area contributed by atoms with Gasteiger partial charge in [0.15, 0.2) is 0 Å². The molecule has 0 aliphatic rings. The second kappa shape index (κ2) is 5.73. The van der Waals surface area contributed by atoms with Crippen molar-refractivity contribution in [3.63, 3.8) is 0 Å². The number of fused-ring (bicyclic) bond motifs is 1. The highest BCUT2D eigenvalue weighted by molar-refractivity contribution is 7.16. The third kappa shape index (κ3) is 2.76. The topological polar surface area (TPSA) is 63.0 Å². The Hall–Kier alpha value is -2.71. The van der Waals surface area contributed by atoms with Crippen molar-refractivity contribution in [3.05, 3.63) is 64.7 Å². The number of carbonyl (C=O) groups is 1. The van der Waals surface area contributed by atoms with Crippen molar-refractivity contribution in [2.45, 2.75) is 6.61 Å². The molecule has 3 rings (SSSR count). The number of rotatable bonds is 3. The number of hydrogen-bond donors (Lipinski definition) is 0. The minimum atomic E-state index is -0.405. The molecular weight excluding hydrogens is 284 g/mol. The summed E-state index contributed by atoms with van der Waals surface area (Å²) in [5.74, 6) is -0.405. The molecule has 0 N–H and O–H groups in total. The molecule has 4 nitrogen and oxygen atoms in total. The van der Waals surface area contributed by atoms with E-state index in [0.717, 1.165) is 10.2 Å². The van der Waals surface area contributed by atoms with E-state index >= 15 is 0 Å². The molecule has 0 unspecified atom stereocenters. The van der Waals surface area contributed by atoms with Gasteiger partial charge in [0.25, 0.3) is 0 Å². The van der Waals surface area contributed by atoms with Crippen molar-refractivity contribution in [2.24, 2.45) is 0 Å². The van der Waals surface area contributed by atoms with E-state index in [2.05, 4.69) is 11.1 Å². The summed E-state index contributed by atoms with van der Waals surface area (Å²) in [6, 6.07) is 14.4. The van der Waals surface area contributed by atoms with Crippen LogP contribution >= 0.6 is 11.3 Å². The van der Waals surface area contributed by atoms with Crippen LogP contribution in [0.15, 0.2) is 48.0 Å². The molecule has 0 aliphatic carbocycles. The van der Waals surface area contributed by atoms with Crippen LogP contribution in [0.2, 0.25) is 0 Å². The van der Waals surface area contributed by atoms with Crippen molar-refractivity contribution < 1.29 is 9.53 Å². The molecule has 2 aromatic carbocycles. The van der Waals surface area contributed by atoms with Crippen LogP contribution in [0.1, 0.15) is 21.5 Å². The number of ether oxygens (including phenoxy) is 1. The molecule has 0 aliphatic heterocycles. The number of hydrogen-bond acceptors (Lipinski definition) is 5. The molecule has 3 aromatic rings. The molecule has 0 radical (unpaired) electrons. The third-order valence-corrected chi connectivity index (χ3v) is 3.86. The molecule has 0 atom stereocenters. The minimum Gasteiger partial charge on any atom is -0.457 e. The molecule has 5 heteroatoms. The highest BCUT2D eigenvalue weighted by Crippen LogP contribution is 2.20. The van der Waals surface area contributed by atoms with Crippen LogP contribution in [0.25, 0.3) is 10.2 Å². The highest BCUT2D eigenvalue weighted by Gasteiger charge is 2.10. The molecule has 0 bridgehead atoms. The Labute approximate surface area is 125 Å². The number of nitriles is 1. The summed E-state index contributed by atoms with van der Waals surface area (Å²) in [4.78, 5) is 16.2. The van der Waals surface area contributed by atoms with E-state index in [0.29, 0.717) is 16.7 Å². The third-order valence-electron chi connectivity index (χ3n) is 3.06. The number of carbonyl (C=O) groups excluding carboxylic acids is 1. The monoisotopic (exact) mass is 294 g/mol. The Kier molecular flexibility index (Phi) is 3.63. The minimum absolute atomic E-state index is 0.0866. The maximum atomic E-state index is 12.1. The summed E-state index contributed by atoms with van der Waals surface area (Å²) in [5, 5.41) is 9.00. The van der Waals surface area contributed by atoms with Crippen LogP contribution in [0.3, 0.4) is 0 Å².